The molecule has 0 N–H and O–H groups in total. The molecule has 0 atom stereocenters. The molecule has 1 heterocycles. The number of nitriles is 1. The Labute approximate surface area is 139 Å². The Hall–Kier alpha value is -3.52. The predicted molar refractivity (Wildman–Crippen MR) is 85.0 cm³/mol. The van der Waals surface area contributed by atoms with Gasteiger partial charge in [-0.25, -0.2) is 0 Å². The van der Waals surface area contributed by atoms with Crippen molar-refractivity contribution in [1.82, 2.24) is 5.10 Å². The maximum atomic E-state index is 11.4. The Bertz CT molecular complexity index is 946. The lowest BCUT2D eigenvalue weighted by atomic mass is 10.0. The monoisotopic (exact) mass is 315 g/mol. The number of hydrogen-bond acceptors (Lipinski definition) is 4. The number of carbonyl (C=O) groups excluding carboxylic acids is 1. The van der Waals surface area contributed by atoms with Crippen molar-refractivity contribution in [3.8, 4) is 23.0 Å². The highest BCUT2D eigenvalue weighted by atomic mass is 16.4. The number of carbonyl (C=O) groups is 1. The Morgan fingerprint density at radius 1 is 1.08 bits per heavy atom. The van der Waals surface area contributed by atoms with Crippen LogP contribution in [0.4, 0.5) is 0 Å². The minimum absolute atomic E-state index is 0.241. The fourth-order valence-electron chi connectivity index (χ4n) is 2.58. The van der Waals surface area contributed by atoms with Crippen LogP contribution in [0.2, 0.25) is 0 Å². The average molecular weight is 315 g/mol. The van der Waals surface area contributed by atoms with Crippen LogP contribution in [0.15, 0.2) is 60.7 Å². The number of aromatic nitrogens is 2. The van der Waals surface area contributed by atoms with Gasteiger partial charge in [0.2, 0.25) is 5.69 Å². The standard InChI is InChI=1S/C19H13N3O2/c1-13-16(12-20)18(14-8-4-2-5-9-14)22(21-17(13)19(23)24)15-10-6-3-7-11-15/h2-11H,1H3. The van der Waals surface area contributed by atoms with Gasteiger partial charge in [-0.2, -0.15) is 5.26 Å². The van der Waals surface area contributed by atoms with Crippen LogP contribution in [-0.4, -0.2) is 11.1 Å². The van der Waals surface area contributed by atoms with E-state index in [1.165, 1.54) is 4.68 Å². The minimum atomic E-state index is -1.41. The van der Waals surface area contributed by atoms with Crippen LogP contribution in [0.5, 0.6) is 0 Å². The normalized spacial score (nSPS) is 10.2. The Morgan fingerprint density at radius 3 is 2.21 bits per heavy atom. The number of carboxylic acid groups (broad SMARTS) is 1. The summed E-state index contributed by atoms with van der Waals surface area (Å²) in [6.45, 7) is 1.57. The van der Waals surface area contributed by atoms with Crippen molar-refractivity contribution >= 4 is 5.97 Å². The quantitative estimate of drug-likeness (QED) is 0.687. The molecule has 5 heteroatoms. The molecule has 0 aliphatic heterocycles. The zero-order chi connectivity index (χ0) is 17.1. The van der Waals surface area contributed by atoms with Crippen molar-refractivity contribution in [3.05, 3.63) is 77.5 Å². The molecule has 0 fully saturated rings. The van der Waals surface area contributed by atoms with E-state index in [1.807, 2.05) is 48.5 Å². The van der Waals surface area contributed by atoms with Crippen molar-refractivity contribution in [2.75, 3.05) is 0 Å². The fourth-order valence-corrected chi connectivity index (χ4v) is 2.58. The molecule has 116 valence electrons. The van der Waals surface area contributed by atoms with Crippen LogP contribution in [0, 0.1) is 18.3 Å². The van der Waals surface area contributed by atoms with Gasteiger partial charge in [0.25, 0.3) is 5.69 Å². The maximum Gasteiger partial charge on any atom is 0.263 e. The molecular formula is C19H13N3O2. The first-order valence-electron chi connectivity index (χ1n) is 7.32. The Morgan fingerprint density at radius 2 is 1.67 bits per heavy atom. The van der Waals surface area contributed by atoms with E-state index in [1.54, 1.807) is 19.1 Å². The van der Waals surface area contributed by atoms with E-state index in [4.69, 9.17) is 0 Å². The molecule has 3 rings (SSSR count). The smallest absolute Gasteiger partial charge is 0.263 e. The summed E-state index contributed by atoms with van der Waals surface area (Å²) < 4.78 is 1.48. The summed E-state index contributed by atoms with van der Waals surface area (Å²) >= 11 is 0. The molecule has 0 spiro atoms. The van der Waals surface area contributed by atoms with Gasteiger partial charge in [-0.1, -0.05) is 36.4 Å². The zero-order valence-corrected chi connectivity index (χ0v) is 12.9. The summed E-state index contributed by atoms with van der Waals surface area (Å²) in [4.78, 5) is 11.4. The molecule has 0 saturated heterocycles. The average Bonchev–Trinajstić information content (AvgIpc) is 2.62. The van der Waals surface area contributed by atoms with E-state index in [2.05, 4.69) is 11.2 Å². The fraction of sp³-hybridized carbons (Fsp3) is 0.0526. The molecule has 0 unspecified atom stereocenters. The van der Waals surface area contributed by atoms with Gasteiger partial charge in [-0.05, 0) is 23.7 Å². The third-order valence-electron chi connectivity index (χ3n) is 3.73. The molecule has 1 aromatic heterocycles. The molecule has 0 bridgehead atoms. The zero-order valence-electron chi connectivity index (χ0n) is 12.9. The third-order valence-corrected chi connectivity index (χ3v) is 3.73. The summed E-state index contributed by atoms with van der Waals surface area (Å²) in [5.74, 6) is -1.41. The second-order valence-corrected chi connectivity index (χ2v) is 5.21. The van der Waals surface area contributed by atoms with Crippen molar-refractivity contribution in [3.63, 3.8) is 0 Å². The lowest BCUT2D eigenvalue weighted by Crippen LogP contribution is -2.42. The number of benzene rings is 2. The lowest BCUT2D eigenvalue weighted by molar-refractivity contribution is -0.649. The van der Waals surface area contributed by atoms with E-state index in [9.17, 15) is 15.2 Å². The number of hydrogen-bond donors (Lipinski definition) is 0. The molecule has 5 nitrogen and oxygen atoms in total. The van der Waals surface area contributed by atoms with Crippen molar-refractivity contribution in [2.24, 2.45) is 0 Å². The number of nitrogens with zero attached hydrogens (tertiary/aromatic N) is 3. The third kappa shape index (κ3) is 2.61. The molecular weight excluding hydrogens is 302 g/mol. The van der Waals surface area contributed by atoms with Crippen LogP contribution in [-0.2, 0) is 0 Å². The first-order chi connectivity index (χ1) is 11.6. The van der Waals surface area contributed by atoms with Crippen LogP contribution in [0.3, 0.4) is 0 Å². The lowest BCUT2D eigenvalue weighted by Gasteiger charge is -2.10. The first-order valence-corrected chi connectivity index (χ1v) is 7.32. The van der Waals surface area contributed by atoms with Gasteiger partial charge in [0.15, 0.2) is 5.69 Å². The van der Waals surface area contributed by atoms with Gasteiger partial charge in [0, 0.05) is 22.8 Å². The van der Waals surface area contributed by atoms with Crippen molar-refractivity contribution in [1.29, 1.82) is 5.26 Å². The first kappa shape index (κ1) is 15.4. The molecule has 0 radical (unpaired) electrons. The largest absolute Gasteiger partial charge is 0.543 e. The number of aromatic carboxylic acids is 1. The highest BCUT2D eigenvalue weighted by molar-refractivity contribution is 5.86. The summed E-state index contributed by atoms with van der Waals surface area (Å²) in [5.41, 5.74) is 2.30. The van der Waals surface area contributed by atoms with E-state index in [0.717, 1.165) is 5.56 Å². The molecule has 3 aromatic rings. The summed E-state index contributed by atoms with van der Waals surface area (Å²) in [6, 6.07) is 20.5. The van der Waals surface area contributed by atoms with E-state index in [0.29, 0.717) is 16.9 Å². The second-order valence-electron chi connectivity index (χ2n) is 5.21. The second kappa shape index (κ2) is 6.31. The van der Waals surface area contributed by atoms with Gasteiger partial charge >= 0.3 is 0 Å². The summed E-state index contributed by atoms with van der Waals surface area (Å²) in [6.07, 6.45) is 0. The van der Waals surface area contributed by atoms with Crippen LogP contribution in [0.25, 0.3) is 16.9 Å². The highest BCUT2D eigenvalue weighted by Crippen LogP contribution is 2.24. The molecule has 2 aromatic carbocycles. The highest BCUT2D eigenvalue weighted by Gasteiger charge is 2.28. The molecule has 0 aliphatic carbocycles. The van der Waals surface area contributed by atoms with Crippen LogP contribution >= 0.6 is 0 Å². The van der Waals surface area contributed by atoms with Gasteiger partial charge in [-0.3, -0.25) is 0 Å². The van der Waals surface area contributed by atoms with E-state index >= 15 is 0 Å². The van der Waals surface area contributed by atoms with E-state index < -0.39 is 5.97 Å². The summed E-state index contributed by atoms with van der Waals surface area (Å²) in [5, 5.41) is 25.3. The van der Waals surface area contributed by atoms with E-state index in [-0.39, 0.29) is 11.3 Å². The van der Waals surface area contributed by atoms with Gasteiger partial charge in [0.1, 0.15) is 11.6 Å². The van der Waals surface area contributed by atoms with Gasteiger partial charge in [-0.15, -0.1) is 0 Å². The molecule has 0 amide bonds. The topological polar surface area (TPSA) is 80.7 Å². The molecule has 0 aliphatic rings. The van der Waals surface area contributed by atoms with Crippen LogP contribution < -0.4 is 9.79 Å². The molecule has 0 saturated carbocycles. The van der Waals surface area contributed by atoms with Crippen LogP contribution in [0.1, 0.15) is 21.6 Å². The van der Waals surface area contributed by atoms with Gasteiger partial charge in [0.05, 0.1) is 11.5 Å². The number of para-hydroxylation sites is 1. The van der Waals surface area contributed by atoms with Gasteiger partial charge < -0.3 is 9.90 Å². The Balaban J connectivity index is 2.44. The van der Waals surface area contributed by atoms with Crippen molar-refractivity contribution in [2.45, 2.75) is 6.92 Å². The SMILES string of the molecule is Cc1c(C(=O)[O-])n[n+](-c2ccccc2)c(-c2ccccc2)c1C#N. The van der Waals surface area contributed by atoms with Crippen molar-refractivity contribution < 1.29 is 14.6 Å². The molecule has 24 heavy (non-hydrogen) atoms. The maximum absolute atomic E-state index is 11.4. The predicted octanol–water partition coefficient (Wildman–Crippen LogP) is 1.57. The minimum Gasteiger partial charge on any atom is -0.543 e. The summed E-state index contributed by atoms with van der Waals surface area (Å²) in [7, 11) is 0. The number of carboxylic acids is 1. The number of rotatable bonds is 3. The Kier molecular flexibility index (Phi) is 4.04.